The Morgan fingerprint density at radius 1 is 0.929 bits per heavy atom. The number of aromatic nitrogens is 2. The first kappa shape index (κ1) is 29.0. The predicted molar refractivity (Wildman–Crippen MR) is 164 cm³/mol. The van der Waals surface area contributed by atoms with Gasteiger partial charge in [0, 0.05) is 62.5 Å². The molecule has 0 bridgehead atoms. The van der Waals surface area contributed by atoms with E-state index in [4.69, 9.17) is 4.74 Å². The highest BCUT2D eigenvalue weighted by Gasteiger charge is 2.27. The molecule has 218 valence electrons. The molecule has 5 rings (SSSR count). The maximum Gasteiger partial charge on any atom is 0.298 e. The molecule has 3 heterocycles. The number of Topliss-reactive ketones (excluding diaryl/α,β-unsaturated/α-hetero) is 1. The van der Waals surface area contributed by atoms with Gasteiger partial charge in [-0.25, -0.2) is 9.37 Å². The average molecular weight is 570 g/mol. The van der Waals surface area contributed by atoms with Gasteiger partial charge >= 0.3 is 0 Å². The number of methoxy groups -OCH3 is 1. The van der Waals surface area contributed by atoms with Gasteiger partial charge in [0.1, 0.15) is 17.3 Å². The lowest BCUT2D eigenvalue weighted by atomic mass is 10.0. The van der Waals surface area contributed by atoms with Gasteiger partial charge in [-0.05, 0) is 68.3 Å². The van der Waals surface area contributed by atoms with Crippen LogP contribution in [0, 0.1) is 26.6 Å². The Labute approximate surface area is 245 Å². The number of aryl methyl sites for hydroxylation is 3. The van der Waals surface area contributed by atoms with Gasteiger partial charge in [-0.1, -0.05) is 30.3 Å². The van der Waals surface area contributed by atoms with Crippen LogP contribution < -0.4 is 15.1 Å². The Morgan fingerprint density at radius 3 is 2.31 bits per heavy atom. The number of piperazine rings is 1. The quantitative estimate of drug-likeness (QED) is 0.215. The normalized spacial score (nSPS) is 13.4. The molecule has 1 saturated heterocycles. The van der Waals surface area contributed by atoms with Gasteiger partial charge in [0.05, 0.1) is 12.3 Å². The van der Waals surface area contributed by atoms with Crippen LogP contribution >= 0.6 is 0 Å². The van der Waals surface area contributed by atoms with E-state index in [2.05, 4.69) is 39.2 Å². The maximum atomic E-state index is 15.3. The number of carbonyl (C=O) groups excluding carboxylic acids is 2. The summed E-state index contributed by atoms with van der Waals surface area (Å²) >= 11 is 0. The summed E-state index contributed by atoms with van der Waals surface area (Å²) in [5.41, 5.74) is 5.39. The highest BCUT2D eigenvalue weighted by Crippen LogP contribution is 2.29. The summed E-state index contributed by atoms with van der Waals surface area (Å²) in [6.07, 6.45) is 0. The smallest absolute Gasteiger partial charge is 0.298 e. The first-order valence-corrected chi connectivity index (χ1v) is 14.1. The van der Waals surface area contributed by atoms with E-state index >= 15 is 4.39 Å². The Bertz CT molecular complexity index is 1570. The molecule has 0 saturated carbocycles. The van der Waals surface area contributed by atoms with Crippen LogP contribution in [-0.2, 0) is 16.1 Å². The van der Waals surface area contributed by atoms with Gasteiger partial charge < -0.3 is 24.4 Å². The molecule has 0 atom stereocenters. The monoisotopic (exact) mass is 569 g/mol. The summed E-state index contributed by atoms with van der Waals surface area (Å²) < 4.78 is 22.3. The molecule has 0 spiro atoms. The first-order chi connectivity index (χ1) is 20.2. The summed E-state index contributed by atoms with van der Waals surface area (Å²) in [5, 5.41) is 2.51. The summed E-state index contributed by atoms with van der Waals surface area (Å²) in [6, 6.07) is 20.1. The van der Waals surface area contributed by atoms with Crippen LogP contribution in [0.1, 0.15) is 27.4 Å². The van der Waals surface area contributed by atoms with Gasteiger partial charge in [-0.15, -0.1) is 0 Å². The number of anilines is 3. The molecule has 8 nitrogen and oxygen atoms in total. The molecule has 1 aliphatic rings. The van der Waals surface area contributed by atoms with Crippen LogP contribution in [-0.4, -0.2) is 61.1 Å². The zero-order valence-electron chi connectivity index (χ0n) is 24.5. The summed E-state index contributed by atoms with van der Waals surface area (Å²) in [5.74, 6) is -1.27. The van der Waals surface area contributed by atoms with Gasteiger partial charge in [0.2, 0.25) is 0 Å². The van der Waals surface area contributed by atoms with Crippen molar-refractivity contribution in [1.82, 2.24) is 9.55 Å². The van der Waals surface area contributed by atoms with Crippen molar-refractivity contribution >= 4 is 28.9 Å². The van der Waals surface area contributed by atoms with E-state index in [1.165, 1.54) is 17.7 Å². The van der Waals surface area contributed by atoms with E-state index in [1.54, 1.807) is 17.7 Å². The van der Waals surface area contributed by atoms with Crippen LogP contribution in [0.25, 0.3) is 11.1 Å². The number of amides is 1. The minimum absolute atomic E-state index is 0.0387. The second kappa shape index (κ2) is 12.6. The molecule has 1 fully saturated rings. The van der Waals surface area contributed by atoms with Crippen LogP contribution in [0.3, 0.4) is 0 Å². The largest absolute Gasteiger partial charge is 0.383 e. The molecule has 0 unspecified atom stereocenters. The lowest BCUT2D eigenvalue weighted by molar-refractivity contribution is -0.112. The average Bonchev–Trinajstić information content (AvgIpc) is 3.32. The molecule has 0 radical (unpaired) electrons. The third kappa shape index (κ3) is 6.21. The molecule has 42 heavy (non-hydrogen) atoms. The number of carbonyl (C=O) groups is 2. The van der Waals surface area contributed by atoms with E-state index in [0.29, 0.717) is 31.8 Å². The number of rotatable bonds is 9. The molecular weight excluding hydrogens is 533 g/mol. The molecular formula is C33H36FN5O3. The molecule has 2 aromatic heterocycles. The Balaban J connectivity index is 1.30. The van der Waals surface area contributed by atoms with Gasteiger partial charge in [-0.3, -0.25) is 9.59 Å². The minimum atomic E-state index is -0.898. The van der Waals surface area contributed by atoms with Crippen molar-refractivity contribution in [3.63, 3.8) is 0 Å². The van der Waals surface area contributed by atoms with Crippen molar-refractivity contribution in [2.45, 2.75) is 27.3 Å². The van der Waals surface area contributed by atoms with Crippen LogP contribution in [0.2, 0.25) is 0 Å². The minimum Gasteiger partial charge on any atom is -0.383 e. The summed E-state index contributed by atoms with van der Waals surface area (Å²) in [6.45, 7) is 9.65. The molecule has 1 amide bonds. The summed E-state index contributed by atoms with van der Waals surface area (Å²) in [4.78, 5) is 35.7. The van der Waals surface area contributed by atoms with Crippen LogP contribution in [0.5, 0.6) is 0 Å². The number of pyridine rings is 1. The third-order valence-corrected chi connectivity index (χ3v) is 7.58. The zero-order chi connectivity index (χ0) is 29.8. The van der Waals surface area contributed by atoms with Crippen molar-refractivity contribution < 1.29 is 18.7 Å². The fourth-order valence-electron chi connectivity index (χ4n) is 5.49. The number of halogens is 1. The van der Waals surface area contributed by atoms with E-state index in [0.717, 1.165) is 41.5 Å². The van der Waals surface area contributed by atoms with E-state index in [1.807, 2.05) is 50.2 Å². The second-order valence-electron chi connectivity index (χ2n) is 10.6. The standard InChI is InChI=1S/C33H36FN5O3/c1-22-18-23(2)35-30(19-22)38-14-12-37(13-15-38)26-10-11-29(28(34)21-26)36-33(41)32(40)31-27(25-8-6-5-7-9-25)20-24(3)39(31)16-17-42-4/h5-11,18-21H,12-17H2,1-4H3,(H,36,41). The van der Waals surface area contributed by atoms with E-state index < -0.39 is 17.5 Å². The molecule has 1 aliphatic heterocycles. The first-order valence-electron chi connectivity index (χ1n) is 14.1. The molecule has 0 aliphatic carbocycles. The third-order valence-electron chi connectivity index (χ3n) is 7.58. The second-order valence-corrected chi connectivity index (χ2v) is 10.6. The lowest BCUT2D eigenvalue weighted by Crippen LogP contribution is -2.47. The van der Waals surface area contributed by atoms with E-state index in [-0.39, 0.29) is 11.4 Å². The zero-order valence-corrected chi connectivity index (χ0v) is 24.5. The van der Waals surface area contributed by atoms with Crippen molar-refractivity contribution in [3.8, 4) is 11.1 Å². The predicted octanol–water partition coefficient (Wildman–Crippen LogP) is 5.41. The van der Waals surface area contributed by atoms with Gasteiger partial charge in [-0.2, -0.15) is 0 Å². The highest BCUT2D eigenvalue weighted by molar-refractivity contribution is 6.47. The highest BCUT2D eigenvalue weighted by atomic mass is 19.1. The number of ketones is 1. The van der Waals surface area contributed by atoms with E-state index in [9.17, 15) is 9.59 Å². The fourth-order valence-corrected chi connectivity index (χ4v) is 5.49. The fraction of sp³-hybridized carbons (Fsp3) is 0.303. The van der Waals surface area contributed by atoms with Gasteiger partial charge in [0.25, 0.3) is 11.7 Å². The number of benzene rings is 2. The molecule has 4 aromatic rings. The van der Waals surface area contributed by atoms with Gasteiger partial charge in [0.15, 0.2) is 0 Å². The Morgan fingerprint density at radius 2 is 1.64 bits per heavy atom. The number of hydrogen-bond acceptors (Lipinski definition) is 6. The maximum absolute atomic E-state index is 15.3. The lowest BCUT2D eigenvalue weighted by Gasteiger charge is -2.37. The topological polar surface area (TPSA) is 79.7 Å². The van der Waals surface area contributed by atoms with Crippen LogP contribution in [0.15, 0.2) is 66.7 Å². The van der Waals surface area contributed by atoms with Crippen LogP contribution in [0.4, 0.5) is 21.6 Å². The molecule has 1 N–H and O–H groups in total. The number of nitrogens with one attached hydrogen (secondary N) is 1. The van der Waals surface area contributed by atoms with Crippen molar-refractivity contribution in [2.75, 3.05) is 55.0 Å². The van der Waals surface area contributed by atoms with Crippen molar-refractivity contribution in [1.29, 1.82) is 0 Å². The number of nitrogens with zero attached hydrogens (tertiary/aromatic N) is 4. The molecule has 9 heteroatoms. The Kier molecular flexibility index (Phi) is 8.68. The summed E-state index contributed by atoms with van der Waals surface area (Å²) in [7, 11) is 1.58. The Hall–Kier alpha value is -4.50. The number of hydrogen-bond donors (Lipinski definition) is 1. The van der Waals surface area contributed by atoms with Crippen molar-refractivity contribution in [2.24, 2.45) is 0 Å². The van der Waals surface area contributed by atoms with Crippen molar-refractivity contribution in [3.05, 3.63) is 95.2 Å². The number of ether oxygens (including phenoxy) is 1. The molecule has 2 aromatic carbocycles. The SMILES string of the molecule is COCCn1c(C)cc(-c2ccccc2)c1C(=O)C(=O)Nc1ccc(N2CCN(c3cc(C)cc(C)n3)CC2)cc1F.